The summed E-state index contributed by atoms with van der Waals surface area (Å²) in [5.74, 6) is -0.499. The molecule has 1 atom stereocenters. The van der Waals surface area contributed by atoms with E-state index in [-0.39, 0.29) is 18.1 Å². The SMILES string of the molecule is COCCS(=O)(=O)C(C)C(=O)c1ccc(C)c(C)c1. The van der Waals surface area contributed by atoms with E-state index >= 15 is 0 Å². The lowest BCUT2D eigenvalue weighted by atomic mass is 10.0. The van der Waals surface area contributed by atoms with E-state index in [2.05, 4.69) is 0 Å². The number of Topliss-reactive ketones (excluding diaryl/α,β-unsaturated/α-hetero) is 1. The summed E-state index contributed by atoms with van der Waals surface area (Å²) in [6.07, 6.45) is 0. The van der Waals surface area contributed by atoms with Crippen molar-refractivity contribution in [3.8, 4) is 0 Å². The van der Waals surface area contributed by atoms with Crippen LogP contribution in [-0.4, -0.2) is 38.9 Å². The summed E-state index contributed by atoms with van der Waals surface area (Å²) in [7, 11) is -2.03. The van der Waals surface area contributed by atoms with Crippen LogP contribution >= 0.6 is 0 Å². The van der Waals surface area contributed by atoms with E-state index in [9.17, 15) is 13.2 Å². The van der Waals surface area contributed by atoms with Gasteiger partial charge in [0, 0.05) is 12.7 Å². The zero-order chi connectivity index (χ0) is 14.6. The third-order valence-electron chi connectivity index (χ3n) is 3.27. The Balaban J connectivity index is 2.96. The number of hydrogen-bond acceptors (Lipinski definition) is 4. The van der Waals surface area contributed by atoms with Crippen LogP contribution in [0.1, 0.15) is 28.4 Å². The van der Waals surface area contributed by atoms with Gasteiger partial charge in [0.2, 0.25) is 0 Å². The van der Waals surface area contributed by atoms with Crippen LogP contribution in [0.2, 0.25) is 0 Å². The first-order valence-corrected chi connectivity index (χ1v) is 7.83. The summed E-state index contributed by atoms with van der Waals surface area (Å²) < 4.78 is 28.7. The first kappa shape index (κ1) is 15.9. The molecule has 0 bridgehead atoms. The van der Waals surface area contributed by atoms with E-state index < -0.39 is 15.1 Å². The lowest BCUT2D eigenvalue weighted by Gasteiger charge is -2.12. The molecule has 0 amide bonds. The molecule has 0 aromatic heterocycles. The number of ketones is 1. The topological polar surface area (TPSA) is 60.4 Å². The van der Waals surface area contributed by atoms with Crippen LogP contribution in [0.3, 0.4) is 0 Å². The predicted octanol–water partition coefficient (Wildman–Crippen LogP) is 1.94. The second kappa shape index (κ2) is 6.30. The molecular weight excluding hydrogens is 264 g/mol. The van der Waals surface area contributed by atoms with Gasteiger partial charge >= 0.3 is 0 Å². The van der Waals surface area contributed by atoms with Crippen molar-refractivity contribution in [3.05, 3.63) is 34.9 Å². The Morgan fingerprint density at radius 2 is 1.89 bits per heavy atom. The number of rotatable bonds is 6. The quantitative estimate of drug-likeness (QED) is 0.749. The van der Waals surface area contributed by atoms with Gasteiger partial charge in [-0.05, 0) is 38.0 Å². The third kappa shape index (κ3) is 3.88. The lowest BCUT2D eigenvalue weighted by Crippen LogP contribution is -2.31. The summed E-state index contributed by atoms with van der Waals surface area (Å²) in [5, 5.41) is -1.04. The highest BCUT2D eigenvalue weighted by atomic mass is 32.2. The zero-order valence-electron chi connectivity index (χ0n) is 11.8. The number of carbonyl (C=O) groups is 1. The minimum absolute atomic E-state index is 0.104. The smallest absolute Gasteiger partial charge is 0.180 e. The average molecular weight is 284 g/mol. The molecule has 0 aliphatic heterocycles. The van der Waals surface area contributed by atoms with Gasteiger partial charge < -0.3 is 4.74 Å². The number of aryl methyl sites for hydroxylation is 2. The molecule has 1 aromatic rings. The van der Waals surface area contributed by atoms with E-state index in [0.717, 1.165) is 11.1 Å². The number of hydrogen-bond donors (Lipinski definition) is 0. The van der Waals surface area contributed by atoms with Crippen molar-refractivity contribution in [1.29, 1.82) is 0 Å². The molecule has 0 fully saturated rings. The highest BCUT2D eigenvalue weighted by Gasteiger charge is 2.28. The van der Waals surface area contributed by atoms with Gasteiger partial charge in [-0.1, -0.05) is 12.1 Å². The molecule has 0 spiro atoms. The number of sulfone groups is 1. The fourth-order valence-corrected chi connectivity index (χ4v) is 2.88. The Kier molecular flexibility index (Phi) is 5.26. The van der Waals surface area contributed by atoms with E-state index in [4.69, 9.17) is 4.74 Å². The summed E-state index contributed by atoms with van der Waals surface area (Å²) >= 11 is 0. The van der Waals surface area contributed by atoms with Crippen LogP contribution in [0.15, 0.2) is 18.2 Å². The molecule has 0 saturated carbocycles. The van der Waals surface area contributed by atoms with Crippen LogP contribution in [0, 0.1) is 13.8 Å². The summed E-state index contributed by atoms with van der Waals surface area (Å²) in [6.45, 7) is 5.38. The number of methoxy groups -OCH3 is 1. The molecule has 19 heavy (non-hydrogen) atoms. The summed E-state index contributed by atoms with van der Waals surface area (Å²) in [4.78, 5) is 12.2. The van der Waals surface area contributed by atoms with Crippen molar-refractivity contribution in [2.75, 3.05) is 19.5 Å². The van der Waals surface area contributed by atoms with E-state index in [1.165, 1.54) is 14.0 Å². The summed E-state index contributed by atoms with van der Waals surface area (Å²) in [6, 6.07) is 5.24. The Morgan fingerprint density at radius 3 is 2.42 bits per heavy atom. The van der Waals surface area contributed by atoms with Crippen molar-refractivity contribution in [2.45, 2.75) is 26.0 Å². The van der Waals surface area contributed by atoms with Crippen molar-refractivity contribution in [2.24, 2.45) is 0 Å². The van der Waals surface area contributed by atoms with Crippen LogP contribution in [0.25, 0.3) is 0 Å². The van der Waals surface area contributed by atoms with Crippen LogP contribution in [0.5, 0.6) is 0 Å². The first-order valence-electron chi connectivity index (χ1n) is 6.11. The molecular formula is C14H20O4S. The van der Waals surface area contributed by atoms with Gasteiger partial charge in [-0.25, -0.2) is 8.42 Å². The standard InChI is InChI=1S/C14H20O4S/c1-10-5-6-13(9-11(10)2)14(15)12(3)19(16,17)8-7-18-4/h5-6,9,12H,7-8H2,1-4H3. The second-order valence-electron chi connectivity index (χ2n) is 4.67. The van der Waals surface area contributed by atoms with Gasteiger partial charge in [0.15, 0.2) is 15.6 Å². The average Bonchev–Trinajstić information content (AvgIpc) is 2.38. The van der Waals surface area contributed by atoms with Crippen LogP contribution < -0.4 is 0 Å². The van der Waals surface area contributed by atoms with Gasteiger partial charge in [0.05, 0.1) is 12.4 Å². The van der Waals surface area contributed by atoms with Crippen molar-refractivity contribution in [1.82, 2.24) is 0 Å². The largest absolute Gasteiger partial charge is 0.384 e. The third-order valence-corrected chi connectivity index (χ3v) is 5.30. The zero-order valence-corrected chi connectivity index (χ0v) is 12.6. The maximum Gasteiger partial charge on any atom is 0.180 e. The molecule has 4 nitrogen and oxygen atoms in total. The highest BCUT2D eigenvalue weighted by Crippen LogP contribution is 2.15. The minimum atomic E-state index is -3.47. The molecule has 106 valence electrons. The molecule has 5 heteroatoms. The molecule has 0 aliphatic carbocycles. The van der Waals surface area contributed by atoms with E-state index in [0.29, 0.717) is 5.56 Å². The molecule has 1 aromatic carbocycles. The molecule has 1 rings (SSSR count). The van der Waals surface area contributed by atoms with Gasteiger partial charge in [0.1, 0.15) is 5.25 Å². The molecule has 1 unspecified atom stereocenters. The van der Waals surface area contributed by atoms with Gasteiger partial charge in [-0.15, -0.1) is 0 Å². The fourth-order valence-electron chi connectivity index (χ4n) is 1.67. The van der Waals surface area contributed by atoms with Crippen LogP contribution in [0.4, 0.5) is 0 Å². The Hall–Kier alpha value is -1.20. The normalized spacial score (nSPS) is 13.3. The predicted molar refractivity (Wildman–Crippen MR) is 75.4 cm³/mol. The van der Waals surface area contributed by atoms with Crippen molar-refractivity contribution < 1.29 is 17.9 Å². The fraction of sp³-hybridized carbons (Fsp3) is 0.500. The van der Waals surface area contributed by atoms with Crippen LogP contribution in [-0.2, 0) is 14.6 Å². The van der Waals surface area contributed by atoms with Crippen molar-refractivity contribution >= 4 is 15.6 Å². The second-order valence-corrected chi connectivity index (χ2v) is 7.11. The number of carbonyl (C=O) groups excluding carboxylic acids is 1. The van der Waals surface area contributed by atoms with Crippen molar-refractivity contribution in [3.63, 3.8) is 0 Å². The monoisotopic (exact) mass is 284 g/mol. The number of ether oxygens (including phenoxy) is 1. The van der Waals surface area contributed by atoms with Gasteiger partial charge in [0.25, 0.3) is 0 Å². The molecule has 0 aliphatic rings. The molecule has 0 radical (unpaired) electrons. The highest BCUT2D eigenvalue weighted by molar-refractivity contribution is 7.92. The molecule has 0 N–H and O–H groups in total. The Morgan fingerprint density at radius 1 is 1.26 bits per heavy atom. The molecule has 0 saturated heterocycles. The van der Waals surface area contributed by atoms with Gasteiger partial charge in [-0.2, -0.15) is 0 Å². The number of benzene rings is 1. The van der Waals surface area contributed by atoms with E-state index in [1.807, 2.05) is 19.9 Å². The van der Waals surface area contributed by atoms with Gasteiger partial charge in [-0.3, -0.25) is 4.79 Å². The summed E-state index contributed by atoms with van der Waals surface area (Å²) in [5.41, 5.74) is 2.50. The lowest BCUT2D eigenvalue weighted by molar-refractivity contribution is 0.0991. The van der Waals surface area contributed by atoms with E-state index in [1.54, 1.807) is 12.1 Å². The maximum atomic E-state index is 12.2. The Labute approximate surface area is 114 Å². The minimum Gasteiger partial charge on any atom is -0.384 e. The molecule has 0 heterocycles. The first-order chi connectivity index (χ1) is 8.79. The Bertz CT molecular complexity index is 561. The maximum absolute atomic E-state index is 12.2.